The summed E-state index contributed by atoms with van der Waals surface area (Å²) in [6, 6.07) is 5.02. The van der Waals surface area contributed by atoms with Gasteiger partial charge < -0.3 is 10.1 Å². The van der Waals surface area contributed by atoms with E-state index in [2.05, 4.69) is 5.32 Å². The molecule has 0 bridgehead atoms. The molecule has 1 N–H and O–H groups in total. The molecule has 1 rings (SSSR count). The lowest BCUT2D eigenvalue weighted by molar-refractivity contribution is -0.147. The van der Waals surface area contributed by atoms with Gasteiger partial charge in [0.05, 0.1) is 7.11 Å². The quantitative estimate of drug-likeness (QED) is 0.850. The molecule has 0 aliphatic carbocycles. The largest absolute Gasteiger partial charge is 0.467 e. The van der Waals surface area contributed by atoms with E-state index < -0.39 is 11.5 Å². The van der Waals surface area contributed by atoms with Crippen LogP contribution in [0.1, 0.15) is 42.6 Å². The molecule has 0 spiro atoms. The summed E-state index contributed by atoms with van der Waals surface area (Å²) in [5.74, 6) is -0.750. The summed E-state index contributed by atoms with van der Waals surface area (Å²) < 4.78 is 4.78. The highest BCUT2D eigenvalue weighted by Gasteiger charge is 2.35. The maximum absolute atomic E-state index is 12.3. The van der Waals surface area contributed by atoms with Gasteiger partial charge in [0, 0.05) is 10.6 Å². The number of benzene rings is 1. The van der Waals surface area contributed by atoms with E-state index in [0.717, 1.165) is 12.0 Å². The van der Waals surface area contributed by atoms with Crippen molar-refractivity contribution in [3.8, 4) is 0 Å². The first-order valence-corrected chi connectivity index (χ1v) is 6.89. The zero-order valence-electron chi connectivity index (χ0n) is 12.2. The Labute approximate surface area is 124 Å². The van der Waals surface area contributed by atoms with E-state index in [1.165, 1.54) is 7.11 Å². The second-order valence-corrected chi connectivity index (χ2v) is 5.42. The van der Waals surface area contributed by atoms with Crippen LogP contribution in [0, 0.1) is 6.92 Å². The number of esters is 1. The van der Waals surface area contributed by atoms with Gasteiger partial charge in [-0.25, -0.2) is 4.79 Å². The molecule has 0 fully saturated rings. The summed E-state index contributed by atoms with van der Waals surface area (Å²) in [5.41, 5.74) is 0.242. The normalized spacial score (nSPS) is 13.4. The third kappa shape index (κ3) is 3.73. The first-order valence-electron chi connectivity index (χ1n) is 6.51. The fourth-order valence-corrected chi connectivity index (χ4v) is 2.37. The summed E-state index contributed by atoms with van der Waals surface area (Å²) >= 11 is 5.87. The fourth-order valence-electron chi connectivity index (χ4n) is 2.14. The molecule has 0 aliphatic heterocycles. The van der Waals surface area contributed by atoms with Gasteiger partial charge >= 0.3 is 5.97 Å². The number of aryl methyl sites for hydroxylation is 1. The minimum absolute atomic E-state index is 0.305. The van der Waals surface area contributed by atoms with Crippen LogP contribution < -0.4 is 5.32 Å². The van der Waals surface area contributed by atoms with Crippen molar-refractivity contribution < 1.29 is 14.3 Å². The minimum Gasteiger partial charge on any atom is -0.467 e. The van der Waals surface area contributed by atoms with E-state index in [4.69, 9.17) is 16.3 Å². The standard InChI is InChI=1S/C15H20ClNO3/c1-5-8-15(3,14(19)20-4)17-13(18)12-7-6-11(16)9-10(12)2/h6-7,9H,5,8H2,1-4H3,(H,17,18). The summed E-state index contributed by atoms with van der Waals surface area (Å²) in [5, 5.41) is 3.34. The van der Waals surface area contributed by atoms with Gasteiger partial charge in [-0.1, -0.05) is 24.9 Å². The van der Waals surface area contributed by atoms with Crippen LogP contribution in [0.15, 0.2) is 18.2 Å². The second-order valence-electron chi connectivity index (χ2n) is 4.99. The number of hydrogen-bond donors (Lipinski definition) is 1. The Balaban J connectivity index is 2.99. The van der Waals surface area contributed by atoms with Gasteiger partial charge in [0.2, 0.25) is 0 Å². The molecule has 1 aromatic carbocycles. The van der Waals surface area contributed by atoms with Crippen LogP contribution in [0.25, 0.3) is 0 Å². The highest BCUT2D eigenvalue weighted by molar-refractivity contribution is 6.30. The van der Waals surface area contributed by atoms with Crippen molar-refractivity contribution in [1.29, 1.82) is 0 Å². The molecular weight excluding hydrogens is 278 g/mol. The Morgan fingerprint density at radius 2 is 2.05 bits per heavy atom. The smallest absolute Gasteiger partial charge is 0.331 e. The molecule has 0 saturated carbocycles. The van der Waals surface area contributed by atoms with Crippen molar-refractivity contribution in [2.75, 3.05) is 7.11 Å². The number of halogens is 1. The van der Waals surface area contributed by atoms with Crippen molar-refractivity contribution >= 4 is 23.5 Å². The van der Waals surface area contributed by atoms with Gasteiger partial charge in [0.15, 0.2) is 0 Å². The number of rotatable bonds is 5. The average molecular weight is 298 g/mol. The van der Waals surface area contributed by atoms with E-state index in [1.807, 2.05) is 6.92 Å². The highest BCUT2D eigenvalue weighted by Crippen LogP contribution is 2.19. The van der Waals surface area contributed by atoms with E-state index in [1.54, 1.807) is 32.0 Å². The van der Waals surface area contributed by atoms with Crippen molar-refractivity contribution in [3.63, 3.8) is 0 Å². The third-order valence-electron chi connectivity index (χ3n) is 3.21. The molecule has 1 amide bonds. The summed E-state index contributed by atoms with van der Waals surface area (Å²) in [6.07, 6.45) is 1.27. The molecule has 0 aromatic heterocycles. The Morgan fingerprint density at radius 1 is 1.40 bits per heavy atom. The third-order valence-corrected chi connectivity index (χ3v) is 3.44. The molecule has 0 radical (unpaired) electrons. The minimum atomic E-state index is -1.02. The van der Waals surface area contributed by atoms with Gasteiger partial charge in [-0.15, -0.1) is 0 Å². The lowest BCUT2D eigenvalue weighted by atomic mass is 9.95. The van der Waals surface area contributed by atoms with Crippen molar-refractivity contribution in [1.82, 2.24) is 5.32 Å². The van der Waals surface area contributed by atoms with Gasteiger partial charge in [0.25, 0.3) is 5.91 Å². The number of carbonyl (C=O) groups is 2. The van der Waals surface area contributed by atoms with Crippen LogP contribution >= 0.6 is 11.6 Å². The molecule has 110 valence electrons. The molecule has 20 heavy (non-hydrogen) atoms. The average Bonchev–Trinajstić information content (AvgIpc) is 2.37. The van der Waals surface area contributed by atoms with Crippen molar-refractivity contribution in [2.45, 2.75) is 39.2 Å². The van der Waals surface area contributed by atoms with E-state index in [9.17, 15) is 9.59 Å². The van der Waals surface area contributed by atoms with Gasteiger partial charge in [0.1, 0.15) is 5.54 Å². The van der Waals surface area contributed by atoms with Crippen LogP contribution in [-0.4, -0.2) is 24.5 Å². The molecule has 5 heteroatoms. The number of methoxy groups -OCH3 is 1. The molecule has 1 aromatic rings. The topological polar surface area (TPSA) is 55.4 Å². The summed E-state index contributed by atoms with van der Waals surface area (Å²) in [7, 11) is 1.32. The zero-order chi connectivity index (χ0) is 15.3. The van der Waals surface area contributed by atoms with Crippen LogP contribution in [0.3, 0.4) is 0 Å². The number of carbonyl (C=O) groups excluding carboxylic acids is 2. The van der Waals surface area contributed by atoms with Crippen molar-refractivity contribution in [2.24, 2.45) is 0 Å². The van der Waals surface area contributed by atoms with E-state index >= 15 is 0 Å². The van der Waals surface area contributed by atoms with Gasteiger partial charge in [-0.05, 0) is 44.0 Å². The zero-order valence-corrected chi connectivity index (χ0v) is 13.0. The van der Waals surface area contributed by atoms with E-state index in [-0.39, 0.29) is 5.91 Å². The Morgan fingerprint density at radius 3 is 2.55 bits per heavy atom. The molecular formula is C15H20ClNO3. The maximum Gasteiger partial charge on any atom is 0.331 e. The lowest BCUT2D eigenvalue weighted by Crippen LogP contribution is -2.52. The monoisotopic (exact) mass is 297 g/mol. The maximum atomic E-state index is 12.3. The van der Waals surface area contributed by atoms with Crippen LogP contribution in [0.5, 0.6) is 0 Å². The summed E-state index contributed by atoms with van der Waals surface area (Å²) in [6.45, 7) is 5.42. The van der Waals surface area contributed by atoms with Crippen LogP contribution in [-0.2, 0) is 9.53 Å². The van der Waals surface area contributed by atoms with Gasteiger partial charge in [-0.2, -0.15) is 0 Å². The number of amides is 1. The SMILES string of the molecule is CCCC(C)(NC(=O)c1ccc(Cl)cc1C)C(=O)OC. The van der Waals surface area contributed by atoms with E-state index in [0.29, 0.717) is 17.0 Å². The molecule has 0 heterocycles. The fraction of sp³-hybridized carbons (Fsp3) is 0.467. The van der Waals surface area contributed by atoms with Crippen LogP contribution in [0.4, 0.5) is 0 Å². The Hall–Kier alpha value is -1.55. The predicted octanol–water partition coefficient (Wildman–Crippen LogP) is 3.11. The Kier molecular flexibility index (Phi) is 5.57. The molecule has 1 unspecified atom stereocenters. The van der Waals surface area contributed by atoms with Crippen molar-refractivity contribution in [3.05, 3.63) is 34.3 Å². The molecule has 4 nitrogen and oxygen atoms in total. The second kappa shape index (κ2) is 6.75. The molecule has 0 saturated heterocycles. The first kappa shape index (κ1) is 16.5. The Bertz CT molecular complexity index is 516. The molecule has 1 atom stereocenters. The number of nitrogens with one attached hydrogen (secondary N) is 1. The van der Waals surface area contributed by atoms with Crippen LogP contribution in [0.2, 0.25) is 5.02 Å². The summed E-state index contributed by atoms with van der Waals surface area (Å²) in [4.78, 5) is 24.2. The number of hydrogen-bond acceptors (Lipinski definition) is 3. The highest BCUT2D eigenvalue weighted by atomic mass is 35.5. The first-order chi connectivity index (χ1) is 9.34. The van der Waals surface area contributed by atoms with Gasteiger partial charge in [-0.3, -0.25) is 4.79 Å². The predicted molar refractivity (Wildman–Crippen MR) is 79.0 cm³/mol. The number of ether oxygens (including phenoxy) is 1. The molecule has 0 aliphatic rings. The lowest BCUT2D eigenvalue weighted by Gasteiger charge is -2.27.